The number of carbonyl (C=O) groups excluding carboxylic acids is 2. The van der Waals surface area contributed by atoms with Gasteiger partial charge in [0, 0.05) is 17.5 Å². The summed E-state index contributed by atoms with van der Waals surface area (Å²) in [6, 6.07) is 34.3. The van der Waals surface area contributed by atoms with Crippen LogP contribution in [0.4, 0.5) is 0 Å². The van der Waals surface area contributed by atoms with Crippen molar-refractivity contribution in [3.63, 3.8) is 0 Å². The zero-order valence-corrected chi connectivity index (χ0v) is 22.8. The lowest BCUT2D eigenvalue weighted by molar-refractivity contribution is -0.137. The molecule has 3 N–H and O–H groups in total. The molecule has 4 rings (SSSR count). The fraction of sp³-hybridized carbons (Fsp3) is 0.206. The van der Waals surface area contributed by atoms with Gasteiger partial charge in [-0.1, -0.05) is 97.1 Å². The summed E-state index contributed by atoms with van der Waals surface area (Å²) >= 11 is 0. The second-order valence-corrected chi connectivity index (χ2v) is 10.5. The van der Waals surface area contributed by atoms with Crippen molar-refractivity contribution in [2.75, 3.05) is 0 Å². The van der Waals surface area contributed by atoms with Gasteiger partial charge in [0.2, 0.25) is 5.91 Å². The van der Waals surface area contributed by atoms with Crippen LogP contribution in [-0.2, 0) is 16.0 Å². The highest BCUT2D eigenvalue weighted by atomic mass is 16.4. The predicted octanol–water partition coefficient (Wildman–Crippen LogP) is 6.12. The van der Waals surface area contributed by atoms with Gasteiger partial charge in [-0.25, -0.2) is 0 Å². The van der Waals surface area contributed by atoms with Crippen LogP contribution in [0.3, 0.4) is 0 Å². The van der Waals surface area contributed by atoms with E-state index in [2.05, 4.69) is 34.9 Å². The number of hydrogen-bond acceptors (Lipinski definition) is 3. The summed E-state index contributed by atoms with van der Waals surface area (Å²) in [5, 5.41) is 14.9. The third-order valence-corrected chi connectivity index (χ3v) is 6.69. The highest BCUT2D eigenvalue weighted by Gasteiger charge is 2.28. The lowest BCUT2D eigenvalue weighted by atomic mass is 9.94. The molecule has 0 unspecified atom stereocenters. The number of hydrogen-bond donors (Lipinski definition) is 3. The van der Waals surface area contributed by atoms with Crippen molar-refractivity contribution in [2.24, 2.45) is 0 Å². The normalized spacial score (nSPS) is 11.8. The first-order valence-corrected chi connectivity index (χ1v) is 13.3. The highest BCUT2D eigenvalue weighted by Crippen LogP contribution is 2.25. The van der Waals surface area contributed by atoms with E-state index in [1.165, 1.54) is 0 Å². The molecule has 4 aromatic carbocycles. The van der Waals surface area contributed by atoms with E-state index in [1.807, 2.05) is 86.6 Å². The monoisotopic (exact) mass is 534 g/mol. The molecule has 0 spiro atoms. The average Bonchev–Trinajstić information content (AvgIpc) is 2.95. The van der Waals surface area contributed by atoms with Crippen molar-refractivity contribution < 1.29 is 19.5 Å². The van der Waals surface area contributed by atoms with E-state index in [0.717, 1.165) is 27.8 Å². The fourth-order valence-corrected chi connectivity index (χ4v) is 4.65. The Labute approximate surface area is 235 Å². The Morgan fingerprint density at radius 3 is 1.70 bits per heavy atom. The van der Waals surface area contributed by atoms with Gasteiger partial charge in [0.25, 0.3) is 5.91 Å². The molecule has 0 aromatic heterocycles. The molecule has 6 heteroatoms. The molecular weight excluding hydrogens is 500 g/mol. The minimum atomic E-state index is -1.03. The van der Waals surface area contributed by atoms with Crippen LogP contribution in [0.5, 0.6) is 0 Å². The predicted molar refractivity (Wildman–Crippen MR) is 158 cm³/mol. The van der Waals surface area contributed by atoms with E-state index in [4.69, 9.17) is 0 Å². The van der Waals surface area contributed by atoms with Gasteiger partial charge in [-0.2, -0.15) is 0 Å². The first kappa shape index (κ1) is 28.3. The molecule has 4 aromatic rings. The van der Waals surface area contributed by atoms with Crippen LogP contribution in [0.15, 0.2) is 109 Å². The Bertz CT molecular complexity index is 1430. The maximum Gasteiger partial charge on any atom is 0.303 e. The second kappa shape index (κ2) is 12.9. The molecule has 40 heavy (non-hydrogen) atoms. The molecule has 0 aliphatic carbocycles. The van der Waals surface area contributed by atoms with Crippen LogP contribution in [0.2, 0.25) is 0 Å². The molecule has 0 fully saturated rings. The topological polar surface area (TPSA) is 95.5 Å². The molecule has 6 nitrogen and oxygen atoms in total. The average molecular weight is 535 g/mol. The van der Waals surface area contributed by atoms with E-state index < -0.39 is 29.4 Å². The van der Waals surface area contributed by atoms with E-state index >= 15 is 0 Å². The molecule has 0 heterocycles. The van der Waals surface area contributed by atoms with Gasteiger partial charge in [-0.3, -0.25) is 14.4 Å². The standard InChI is InChI=1S/C34H34N2O4/c1-34(2,23-24-9-5-3-6-10-24)36-33(40)30(21-22-31(37)38)35-32(39)29-19-17-28(18-20-29)27-15-13-26(14-16-27)25-11-7-4-8-12-25/h3-20,30H,21-23H2,1-2H3,(H,35,39)(H,36,40)(H,37,38)/t30-/m0/s1. The van der Waals surface area contributed by atoms with Crippen LogP contribution in [0.1, 0.15) is 42.6 Å². The highest BCUT2D eigenvalue weighted by molar-refractivity contribution is 5.98. The Morgan fingerprint density at radius 1 is 0.700 bits per heavy atom. The molecule has 0 aliphatic rings. The SMILES string of the molecule is CC(C)(Cc1ccccc1)NC(=O)[C@H](CCC(=O)O)NC(=O)c1ccc(-c2ccc(-c3ccccc3)cc2)cc1. The number of carbonyl (C=O) groups is 3. The maximum atomic E-state index is 13.2. The lowest BCUT2D eigenvalue weighted by Gasteiger charge is -2.29. The minimum Gasteiger partial charge on any atom is -0.481 e. The van der Waals surface area contributed by atoms with Crippen molar-refractivity contribution in [1.82, 2.24) is 10.6 Å². The first-order chi connectivity index (χ1) is 19.2. The summed E-state index contributed by atoms with van der Waals surface area (Å²) < 4.78 is 0. The summed E-state index contributed by atoms with van der Waals surface area (Å²) in [4.78, 5) is 37.5. The van der Waals surface area contributed by atoms with E-state index in [0.29, 0.717) is 12.0 Å². The van der Waals surface area contributed by atoms with Crippen molar-refractivity contribution in [3.05, 3.63) is 120 Å². The van der Waals surface area contributed by atoms with Crippen LogP contribution < -0.4 is 10.6 Å². The number of benzene rings is 4. The summed E-state index contributed by atoms with van der Waals surface area (Å²) in [5.41, 5.74) is 5.10. The van der Waals surface area contributed by atoms with Crippen LogP contribution >= 0.6 is 0 Å². The quantitative estimate of drug-likeness (QED) is 0.216. The third-order valence-electron chi connectivity index (χ3n) is 6.69. The fourth-order valence-electron chi connectivity index (χ4n) is 4.65. The largest absolute Gasteiger partial charge is 0.481 e. The summed E-state index contributed by atoms with van der Waals surface area (Å²) in [7, 11) is 0. The van der Waals surface area contributed by atoms with Crippen LogP contribution in [0, 0.1) is 0 Å². The summed E-state index contributed by atoms with van der Waals surface area (Å²) in [6.07, 6.45) is 0.336. The Hall–Kier alpha value is -4.71. The smallest absolute Gasteiger partial charge is 0.303 e. The molecule has 0 saturated heterocycles. The number of amides is 2. The first-order valence-electron chi connectivity index (χ1n) is 13.3. The molecule has 0 saturated carbocycles. The second-order valence-electron chi connectivity index (χ2n) is 10.5. The Morgan fingerprint density at radius 2 is 1.18 bits per heavy atom. The van der Waals surface area contributed by atoms with Gasteiger partial charge in [-0.15, -0.1) is 0 Å². The maximum absolute atomic E-state index is 13.2. The van der Waals surface area contributed by atoms with Crippen molar-refractivity contribution in [1.29, 1.82) is 0 Å². The Kier molecular flexibility index (Phi) is 9.12. The molecule has 0 radical (unpaired) electrons. The van der Waals surface area contributed by atoms with E-state index in [-0.39, 0.29) is 12.8 Å². The summed E-state index contributed by atoms with van der Waals surface area (Å²) in [5.74, 6) is -1.87. The van der Waals surface area contributed by atoms with Crippen LogP contribution in [0.25, 0.3) is 22.3 Å². The van der Waals surface area contributed by atoms with Gasteiger partial charge >= 0.3 is 5.97 Å². The van der Waals surface area contributed by atoms with Crippen LogP contribution in [-0.4, -0.2) is 34.5 Å². The van der Waals surface area contributed by atoms with E-state index in [9.17, 15) is 19.5 Å². The van der Waals surface area contributed by atoms with Crippen molar-refractivity contribution >= 4 is 17.8 Å². The zero-order chi connectivity index (χ0) is 28.5. The Balaban J connectivity index is 1.42. The van der Waals surface area contributed by atoms with Crippen molar-refractivity contribution in [2.45, 2.75) is 44.7 Å². The molecule has 204 valence electrons. The van der Waals surface area contributed by atoms with Gasteiger partial charge in [0.1, 0.15) is 6.04 Å². The van der Waals surface area contributed by atoms with Gasteiger partial charge in [0.15, 0.2) is 0 Å². The number of aliphatic carboxylic acids is 1. The van der Waals surface area contributed by atoms with Gasteiger partial charge < -0.3 is 15.7 Å². The molecule has 0 aliphatic heterocycles. The minimum absolute atomic E-state index is 0.0137. The molecule has 2 amide bonds. The molecular formula is C34H34N2O4. The summed E-state index contributed by atoms with van der Waals surface area (Å²) in [6.45, 7) is 3.80. The number of rotatable bonds is 11. The van der Waals surface area contributed by atoms with Gasteiger partial charge in [0.05, 0.1) is 0 Å². The van der Waals surface area contributed by atoms with Crippen molar-refractivity contribution in [3.8, 4) is 22.3 Å². The third kappa shape index (κ3) is 7.90. The number of carboxylic acids is 1. The number of nitrogens with one attached hydrogen (secondary N) is 2. The number of carboxylic acid groups (broad SMARTS) is 1. The molecule has 1 atom stereocenters. The zero-order valence-electron chi connectivity index (χ0n) is 22.8. The van der Waals surface area contributed by atoms with E-state index in [1.54, 1.807) is 12.1 Å². The molecule has 0 bridgehead atoms. The van der Waals surface area contributed by atoms with Gasteiger partial charge in [-0.05, 0) is 66.6 Å². The lowest BCUT2D eigenvalue weighted by Crippen LogP contribution is -2.54.